The summed E-state index contributed by atoms with van der Waals surface area (Å²) in [7, 11) is 0.862. The predicted octanol–water partition coefficient (Wildman–Crippen LogP) is 2.55. The second-order valence-corrected chi connectivity index (χ2v) is 8.40. The molecule has 1 aromatic rings. The number of nitrogens with one attached hydrogen (secondary N) is 2. The highest BCUT2D eigenvalue weighted by atomic mass is 35.5. The number of benzene rings is 1. The standard InChI is InChI=1S/C15H24ClN3OS/c1-15(2,3)21(20)10-9-18-14(17-4)19-11-12-5-7-13(16)8-6-12/h5-8H,9-11H2,1-4H3,(H2,17,18,19). The highest BCUT2D eigenvalue weighted by molar-refractivity contribution is 7.86. The van der Waals surface area contributed by atoms with Gasteiger partial charge in [0.1, 0.15) is 0 Å². The molecule has 0 saturated carbocycles. The average molecular weight is 330 g/mol. The summed E-state index contributed by atoms with van der Waals surface area (Å²) < 4.78 is 11.8. The van der Waals surface area contributed by atoms with Gasteiger partial charge in [0.15, 0.2) is 5.96 Å². The summed E-state index contributed by atoms with van der Waals surface area (Å²) in [6.45, 7) is 7.24. The maximum absolute atomic E-state index is 11.9. The van der Waals surface area contributed by atoms with E-state index in [1.54, 1.807) is 7.05 Å². The van der Waals surface area contributed by atoms with Crippen molar-refractivity contribution in [2.45, 2.75) is 32.1 Å². The van der Waals surface area contributed by atoms with E-state index in [1.165, 1.54) is 0 Å². The lowest BCUT2D eigenvalue weighted by Crippen LogP contribution is -2.40. The summed E-state index contributed by atoms with van der Waals surface area (Å²) in [4.78, 5) is 4.15. The van der Waals surface area contributed by atoms with Gasteiger partial charge in [-0.15, -0.1) is 0 Å². The van der Waals surface area contributed by atoms with Crippen LogP contribution in [0, 0.1) is 0 Å². The largest absolute Gasteiger partial charge is 0.355 e. The molecule has 4 nitrogen and oxygen atoms in total. The first-order valence-electron chi connectivity index (χ1n) is 6.90. The van der Waals surface area contributed by atoms with Gasteiger partial charge >= 0.3 is 0 Å². The van der Waals surface area contributed by atoms with E-state index in [-0.39, 0.29) is 4.75 Å². The van der Waals surface area contributed by atoms with Gasteiger partial charge in [0, 0.05) is 46.5 Å². The molecule has 1 atom stereocenters. The summed E-state index contributed by atoms with van der Waals surface area (Å²) in [5.74, 6) is 1.31. The van der Waals surface area contributed by atoms with Crippen molar-refractivity contribution >= 4 is 28.4 Å². The van der Waals surface area contributed by atoms with Crippen molar-refractivity contribution in [1.29, 1.82) is 0 Å². The Balaban J connectivity index is 2.36. The van der Waals surface area contributed by atoms with E-state index in [1.807, 2.05) is 45.0 Å². The van der Waals surface area contributed by atoms with Crippen LogP contribution in [0.3, 0.4) is 0 Å². The van der Waals surface area contributed by atoms with Crippen molar-refractivity contribution in [1.82, 2.24) is 10.6 Å². The maximum Gasteiger partial charge on any atom is 0.191 e. The van der Waals surface area contributed by atoms with Crippen LogP contribution in [0.25, 0.3) is 0 Å². The van der Waals surface area contributed by atoms with E-state index >= 15 is 0 Å². The molecule has 0 aliphatic carbocycles. The summed E-state index contributed by atoms with van der Waals surface area (Å²) in [6.07, 6.45) is 0. The Kier molecular flexibility index (Phi) is 7.18. The SMILES string of the molecule is CN=C(NCCS(=O)C(C)(C)C)NCc1ccc(Cl)cc1. The first-order chi connectivity index (χ1) is 9.82. The minimum absolute atomic E-state index is 0.179. The molecule has 0 aliphatic heterocycles. The Morgan fingerprint density at radius 2 is 1.86 bits per heavy atom. The number of aliphatic imine (C=N–C) groups is 1. The third-order valence-corrected chi connectivity index (χ3v) is 5.05. The molecule has 1 aromatic carbocycles. The Morgan fingerprint density at radius 3 is 2.38 bits per heavy atom. The van der Waals surface area contributed by atoms with Crippen molar-refractivity contribution in [2.24, 2.45) is 4.99 Å². The molecule has 0 radical (unpaired) electrons. The summed E-state index contributed by atoms with van der Waals surface area (Å²) >= 11 is 5.85. The molecule has 0 heterocycles. The zero-order valence-electron chi connectivity index (χ0n) is 13.1. The van der Waals surface area contributed by atoms with Gasteiger partial charge in [-0.2, -0.15) is 0 Å². The van der Waals surface area contributed by atoms with Crippen LogP contribution in [0.1, 0.15) is 26.3 Å². The number of hydrogen-bond donors (Lipinski definition) is 2. The quantitative estimate of drug-likeness (QED) is 0.645. The first-order valence-corrected chi connectivity index (χ1v) is 8.60. The lowest BCUT2D eigenvalue weighted by atomic mass is 10.2. The summed E-state index contributed by atoms with van der Waals surface area (Å²) in [5, 5.41) is 7.12. The van der Waals surface area contributed by atoms with Gasteiger partial charge in [0.25, 0.3) is 0 Å². The highest BCUT2D eigenvalue weighted by Gasteiger charge is 2.18. The lowest BCUT2D eigenvalue weighted by Gasteiger charge is -2.18. The summed E-state index contributed by atoms with van der Waals surface area (Å²) in [5.41, 5.74) is 1.13. The lowest BCUT2D eigenvalue weighted by molar-refractivity contribution is 0.647. The van der Waals surface area contributed by atoms with Crippen molar-refractivity contribution in [2.75, 3.05) is 19.3 Å². The van der Waals surface area contributed by atoms with Crippen LogP contribution < -0.4 is 10.6 Å². The van der Waals surface area contributed by atoms with Gasteiger partial charge < -0.3 is 10.6 Å². The zero-order chi connectivity index (χ0) is 15.9. The van der Waals surface area contributed by atoms with Crippen LogP contribution in [-0.4, -0.2) is 34.3 Å². The zero-order valence-corrected chi connectivity index (χ0v) is 14.6. The average Bonchev–Trinajstić information content (AvgIpc) is 2.43. The van der Waals surface area contributed by atoms with Crippen LogP contribution >= 0.6 is 11.6 Å². The van der Waals surface area contributed by atoms with E-state index in [4.69, 9.17) is 11.6 Å². The molecule has 1 unspecified atom stereocenters. The second-order valence-electron chi connectivity index (χ2n) is 5.64. The molecule has 2 N–H and O–H groups in total. The molecule has 21 heavy (non-hydrogen) atoms. The molecule has 6 heteroatoms. The number of guanidine groups is 1. The Morgan fingerprint density at radius 1 is 1.24 bits per heavy atom. The molecule has 118 valence electrons. The van der Waals surface area contributed by atoms with Crippen molar-refractivity contribution in [3.05, 3.63) is 34.9 Å². The van der Waals surface area contributed by atoms with Crippen molar-refractivity contribution < 1.29 is 4.21 Å². The molecular weight excluding hydrogens is 306 g/mol. The van der Waals surface area contributed by atoms with Crippen LogP contribution in [0.2, 0.25) is 5.02 Å². The fourth-order valence-electron chi connectivity index (χ4n) is 1.58. The molecule has 0 aromatic heterocycles. The molecule has 0 spiro atoms. The third-order valence-electron chi connectivity index (χ3n) is 2.86. The van der Waals surface area contributed by atoms with Gasteiger partial charge in [-0.25, -0.2) is 0 Å². The Labute approximate surface area is 134 Å². The molecule has 1 rings (SSSR count). The molecule has 0 fully saturated rings. The fourth-order valence-corrected chi connectivity index (χ4v) is 2.60. The minimum atomic E-state index is -0.858. The Hall–Kier alpha value is -1.07. The van der Waals surface area contributed by atoms with Gasteiger partial charge in [-0.3, -0.25) is 9.20 Å². The van der Waals surface area contributed by atoms with E-state index in [0.717, 1.165) is 10.6 Å². The predicted molar refractivity (Wildman–Crippen MR) is 92.4 cm³/mol. The molecule has 0 amide bonds. The Bertz CT molecular complexity index is 495. The van der Waals surface area contributed by atoms with Gasteiger partial charge in [0.05, 0.1) is 0 Å². The third kappa shape index (κ3) is 6.96. The number of nitrogens with zero attached hydrogens (tertiary/aromatic N) is 1. The van der Waals surface area contributed by atoms with Gasteiger partial charge in [-0.05, 0) is 38.5 Å². The maximum atomic E-state index is 11.9. The summed E-state index contributed by atoms with van der Waals surface area (Å²) in [6, 6.07) is 7.66. The molecule has 0 bridgehead atoms. The monoisotopic (exact) mass is 329 g/mol. The number of rotatable bonds is 5. The van der Waals surface area contributed by atoms with E-state index < -0.39 is 10.8 Å². The van der Waals surface area contributed by atoms with E-state index in [9.17, 15) is 4.21 Å². The normalized spacial score (nSPS) is 13.9. The van der Waals surface area contributed by atoms with Crippen LogP contribution in [0.5, 0.6) is 0 Å². The van der Waals surface area contributed by atoms with E-state index in [0.29, 0.717) is 24.8 Å². The molecule has 0 aliphatic rings. The van der Waals surface area contributed by atoms with Gasteiger partial charge in [-0.1, -0.05) is 23.7 Å². The molecule has 0 saturated heterocycles. The highest BCUT2D eigenvalue weighted by Crippen LogP contribution is 2.10. The first kappa shape index (κ1) is 18.0. The van der Waals surface area contributed by atoms with Crippen LogP contribution in [0.4, 0.5) is 0 Å². The molecular formula is C15H24ClN3OS. The van der Waals surface area contributed by atoms with E-state index in [2.05, 4.69) is 15.6 Å². The van der Waals surface area contributed by atoms with Crippen LogP contribution in [0.15, 0.2) is 29.3 Å². The van der Waals surface area contributed by atoms with Crippen molar-refractivity contribution in [3.63, 3.8) is 0 Å². The number of halogens is 1. The number of hydrogen-bond acceptors (Lipinski definition) is 2. The van der Waals surface area contributed by atoms with Gasteiger partial charge in [0.2, 0.25) is 0 Å². The van der Waals surface area contributed by atoms with Crippen molar-refractivity contribution in [3.8, 4) is 0 Å². The van der Waals surface area contributed by atoms with Crippen LogP contribution in [-0.2, 0) is 17.3 Å². The smallest absolute Gasteiger partial charge is 0.191 e. The fraction of sp³-hybridized carbons (Fsp3) is 0.533. The second kappa shape index (κ2) is 8.39. The topological polar surface area (TPSA) is 53.5 Å². The minimum Gasteiger partial charge on any atom is -0.355 e.